The third kappa shape index (κ3) is 1.63. The molecule has 1 nitrogen and oxygen atoms in total. The molecule has 0 N–H and O–H groups in total. The molecule has 4 heteroatoms. The Kier molecular flexibility index (Phi) is 2.77. The number of allylic oxidation sites excluding steroid dienone is 2. The normalized spacial score (nSPS) is 27.3. The van der Waals surface area contributed by atoms with Crippen molar-refractivity contribution >= 4 is 5.78 Å². The number of benzene rings is 2. The lowest BCUT2D eigenvalue weighted by atomic mass is 9.50. The molecule has 0 saturated carbocycles. The lowest BCUT2D eigenvalue weighted by Gasteiger charge is -2.51. The standard InChI is InChI=1S/C20H15F3O/c1-18-11-16(17(24)20(21,22)23)19(2,14-9-5-3-7-12(14)18)15-10-6-4-8-13(15)18/h3-11H,1-2H3. The molecule has 0 aliphatic heterocycles. The highest BCUT2D eigenvalue weighted by atomic mass is 19.4. The fraction of sp³-hybridized carbons (Fsp3) is 0.250. The molecule has 0 fully saturated rings. The monoisotopic (exact) mass is 328 g/mol. The van der Waals surface area contributed by atoms with E-state index in [-0.39, 0.29) is 5.57 Å². The molecule has 2 aromatic rings. The van der Waals surface area contributed by atoms with Crippen LogP contribution in [0.15, 0.2) is 60.2 Å². The van der Waals surface area contributed by atoms with Crippen LogP contribution in [0.5, 0.6) is 0 Å². The number of halogens is 3. The molecular weight excluding hydrogens is 313 g/mol. The van der Waals surface area contributed by atoms with E-state index in [1.807, 2.05) is 55.5 Å². The van der Waals surface area contributed by atoms with E-state index in [1.54, 1.807) is 6.92 Å². The van der Waals surface area contributed by atoms with Gasteiger partial charge in [0.25, 0.3) is 5.78 Å². The number of carbonyl (C=O) groups excluding carboxylic acids is 1. The van der Waals surface area contributed by atoms with Crippen LogP contribution in [0.2, 0.25) is 0 Å². The zero-order valence-electron chi connectivity index (χ0n) is 13.2. The Hall–Kier alpha value is -2.36. The molecule has 2 aromatic carbocycles. The lowest BCUT2D eigenvalue weighted by Crippen LogP contribution is -2.49. The van der Waals surface area contributed by atoms with Gasteiger partial charge in [-0.1, -0.05) is 54.6 Å². The number of Topliss-reactive ketones (excluding diaryl/α,β-unsaturated/α-hetero) is 1. The first-order valence-electron chi connectivity index (χ1n) is 7.75. The van der Waals surface area contributed by atoms with Gasteiger partial charge in [-0.25, -0.2) is 0 Å². The van der Waals surface area contributed by atoms with E-state index in [2.05, 4.69) is 0 Å². The SMILES string of the molecule is CC12C=C(C(=O)C(F)(F)F)C(C)(c3ccccc31)c1ccccc12. The Balaban J connectivity index is 2.11. The van der Waals surface area contributed by atoms with Gasteiger partial charge in [-0.05, 0) is 36.1 Å². The summed E-state index contributed by atoms with van der Waals surface area (Å²) in [5.41, 5.74) is 1.49. The third-order valence-corrected chi connectivity index (χ3v) is 5.52. The van der Waals surface area contributed by atoms with E-state index < -0.39 is 22.8 Å². The second-order valence-electron chi connectivity index (χ2n) is 6.80. The molecule has 122 valence electrons. The molecule has 0 heterocycles. The summed E-state index contributed by atoms with van der Waals surface area (Å²) in [6.45, 7) is 3.60. The number of ketones is 1. The summed E-state index contributed by atoms with van der Waals surface area (Å²) in [4.78, 5) is 12.2. The van der Waals surface area contributed by atoms with Gasteiger partial charge in [0.05, 0.1) is 0 Å². The van der Waals surface area contributed by atoms with Gasteiger partial charge in [-0.3, -0.25) is 4.79 Å². The molecule has 3 aliphatic rings. The molecule has 0 amide bonds. The van der Waals surface area contributed by atoms with Crippen LogP contribution in [0.3, 0.4) is 0 Å². The summed E-state index contributed by atoms with van der Waals surface area (Å²) in [6, 6.07) is 14.9. The van der Waals surface area contributed by atoms with Crippen molar-refractivity contribution in [3.63, 3.8) is 0 Å². The molecule has 0 radical (unpaired) electrons. The Morgan fingerprint density at radius 3 is 1.67 bits per heavy atom. The fourth-order valence-electron chi connectivity index (χ4n) is 4.36. The van der Waals surface area contributed by atoms with Crippen molar-refractivity contribution in [2.24, 2.45) is 0 Å². The topological polar surface area (TPSA) is 17.1 Å². The van der Waals surface area contributed by atoms with E-state index >= 15 is 0 Å². The van der Waals surface area contributed by atoms with Gasteiger partial charge in [-0.2, -0.15) is 13.2 Å². The summed E-state index contributed by atoms with van der Waals surface area (Å²) >= 11 is 0. The number of carbonyl (C=O) groups is 1. The quantitative estimate of drug-likeness (QED) is 0.743. The van der Waals surface area contributed by atoms with Crippen LogP contribution >= 0.6 is 0 Å². The van der Waals surface area contributed by atoms with Crippen molar-refractivity contribution in [1.29, 1.82) is 0 Å². The Labute approximate surface area is 137 Å². The second kappa shape index (κ2) is 4.38. The number of hydrogen-bond donors (Lipinski definition) is 0. The minimum Gasteiger partial charge on any atom is -0.284 e. The van der Waals surface area contributed by atoms with E-state index in [4.69, 9.17) is 0 Å². The molecule has 0 spiro atoms. The van der Waals surface area contributed by atoms with Gasteiger partial charge in [-0.15, -0.1) is 0 Å². The molecule has 0 unspecified atom stereocenters. The minimum absolute atomic E-state index is 0.171. The van der Waals surface area contributed by atoms with Crippen LogP contribution in [0.4, 0.5) is 13.2 Å². The molecule has 24 heavy (non-hydrogen) atoms. The van der Waals surface area contributed by atoms with Crippen molar-refractivity contribution in [3.8, 4) is 0 Å². The average Bonchev–Trinajstić information content (AvgIpc) is 2.56. The van der Waals surface area contributed by atoms with Crippen LogP contribution < -0.4 is 0 Å². The summed E-state index contributed by atoms with van der Waals surface area (Å²) < 4.78 is 39.6. The van der Waals surface area contributed by atoms with Crippen molar-refractivity contribution < 1.29 is 18.0 Å². The van der Waals surface area contributed by atoms with E-state index in [9.17, 15) is 18.0 Å². The van der Waals surface area contributed by atoms with Gasteiger partial charge in [0.15, 0.2) is 0 Å². The van der Waals surface area contributed by atoms with Crippen molar-refractivity contribution in [2.45, 2.75) is 30.9 Å². The Morgan fingerprint density at radius 2 is 1.25 bits per heavy atom. The molecule has 3 aliphatic carbocycles. The first-order valence-corrected chi connectivity index (χ1v) is 7.75. The maximum atomic E-state index is 13.2. The third-order valence-electron chi connectivity index (χ3n) is 5.52. The van der Waals surface area contributed by atoms with Gasteiger partial charge in [0.1, 0.15) is 0 Å². The number of hydrogen-bond acceptors (Lipinski definition) is 1. The predicted molar refractivity (Wildman–Crippen MR) is 84.9 cm³/mol. The molecule has 0 aromatic heterocycles. The van der Waals surface area contributed by atoms with Crippen LogP contribution in [0, 0.1) is 0 Å². The Morgan fingerprint density at radius 1 is 0.833 bits per heavy atom. The molecular formula is C20H15F3O. The zero-order valence-corrected chi connectivity index (χ0v) is 13.2. The fourth-order valence-corrected chi connectivity index (χ4v) is 4.36. The van der Waals surface area contributed by atoms with E-state index in [0.29, 0.717) is 0 Å². The van der Waals surface area contributed by atoms with Crippen molar-refractivity contribution in [2.75, 3.05) is 0 Å². The summed E-state index contributed by atoms with van der Waals surface area (Å²) in [7, 11) is 0. The molecule has 0 saturated heterocycles. The number of rotatable bonds is 1. The zero-order chi connectivity index (χ0) is 17.3. The van der Waals surface area contributed by atoms with Gasteiger partial charge in [0, 0.05) is 16.4 Å². The number of alkyl halides is 3. The maximum Gasteiger partial charge on any atom is 0.454 e. The molecule has 5 rings (SSSR count). The highest BCUT2D eigenvalue weighted by Crippen LogP contribution is 2.59. The molecule has 2 bridgehead atoms. The summed E-state index contributed by atoms with van der Waals surface area (Å²) in [5.74, 6) is -1.75. The largest absolute Gasteiger partial charge is 0.454 e. The summed E-state index contributed by atoms with van der Waals surface area (Å²) in [5, 5.41) is 0. The van der Waals surface area contributed by atoms with Gasteiger partial charge >= 0.3 is 6.18 Å². The van der Waals surface area contributed by atoms with E-state index in [0.717, 1.165) is 22.3 Å². The lowest BCUT2D eigenvalue weighted by molar-refractivity contribution is -0.167. The van der Waals surface area contributed by atoms with Crippen LogP contribution in [0.1, 0.15) is 36.1 Å². The highest BCUT2D eigenvalue weighted by Gasteiger charge is 2.57. The highest BCUT2D eigenvalue weighted by molar-refractivity contribution is 6.04. The first kappa shape index (κ1) is 15.2. The second-order valence-corrected chi connectivity index (χ2v) is 6.80. The van der Waals surface area contributed by atoms with Crippen LogP contribution in [-0.4, -0.2) is 12.0 Å². The average molecular weight is 328 g/mol. The smallest absolute Gasteiger partial charge is 0.284 e. The van der Waals surface area contributed by atoms with Crippen molar-refractivity contribution in [3.05, 3.63) is 82.4 Å². The van der Waals surface area contributed by atoms with E-state index in [1.165, 1.54) is 6.08 Å². The maximum absolute atomic E-state index is 13.2. The predicted octanol–water partition coefficient (Wildman–Crippen LogP) is 4.68. The minimum atomic E-state index is -4.88. The first-order chi connectivity index (χ1) is 11.2. The van der Waals surface area contributed by atoms with Crippen LogP contribution in [0.25, 0.3) is 0 Å². The Bertz CT molecular complexity index is 858. The van der Waals surface area contributed by atoms with Crippen LogP contribution in [-0.2, 0) is 15.6 Å². The van der Waals surface area contributed by atoms with Gasteiger partial charge in [0.2, 0.25) is 0 Å². The van der Waals surface area contributed by atoms with Crippen molar-refractivity contribution in [1.82, 2.24) is 0 Å². The summed E-state index contributed by atoms with van der Waals surface area (Å²) in [6.07, 6.45) is -3.36. The van der Waals surface area contributed by atoms with Gasteiger partial charge < -0.3 is 0 Å². The molecule has 0 atom stereocenters.